The molecule has 9 nitrogen and oxygen atoms in total. The highest BCUT2D eigenvalue weighted by atomic mass is 19.1. The van der Waals surface area contributed by atoms with Gasteiger partial charge in [0.25, 0.3) is 5.91 Å². The molecule has 3 aromatic rings. The number of aliphatic hydroxyl groups is 1. The van der Waals surface area contributed by atoms with Crippen molar-refractivity contribution in [2.75, 3.05) is 11.9 Å². The molecule has 0 aromatic carbocycles. The predicted octanol–water partition coefficient (Wildman–Crippen LogP) is 4.28. The Morgan fingerprint density at radius 2 is 1.90 bits per heavy atom. The number of hydrogen-bond donors (Lipinski definition) is 4. The first kappa shape index (κ1) is 28.5. The monoisotopic (exact) mass is 538 g/mol. The summed E-state index contributed by atoms with van der Waals surface area (Å²) >= 11 is 0. The van der Waals surface area contributed by atoms with Crippen LogP contribution in [0.2, 0.25) is 0 Å². The van der Waals surface area contributed by atoms with Crippen LogP contribution in [0.1, 0.15) is 75.7 Å². The van der Waals surface area contributed by atoms with Crippen LogP contribution in [0.5, 0.6) is 0 Å². The molecule has 3 heterocycles. The van der Waals surface area contributed by atoms with E-state index >= 15 is 0 Å². The zero-order valence-electron chi connectivity index (χ0n) is 23.1. The Labute approximate surface area is 228 Å². The SMILES string of the molecule is CC(C)Nc1cc(-n2ccc3cc(CNC(=O)CC4CCCC4)cnc32)ncc1C(=O)NCC(F)C(C)(C)O. The Balaban J connectivity index is 1.49. The Hall–Kier alpha value is -3.53. The third kappa shape index (κ3) is 7.32. The number of carbonyl (C=O) groups excluding carboxylic acids is 2. The van der Waals surface area contributed by atoms with E-state index < -0.39 is 17.7 Å². The zero-order chi connectivity index (χ0) is 28.2. The molecule has 1 fully saturated rings. The van der Waals surface area contributed by atoms with E-state index in [4.69, 9.17) is 0 Å². The number of fused-ring (bicyclic) bond motifs is 1. The lowest BCUT2D eigenvalue weighted by Gasteiger charge is -2.23. The van der Waals surface area contributed by atoms with Gasteiger partial charge < -0.3 is 21.1 Å². The van der Waals surface area contributed by atoms with Gasteiger partial charge in [-0.3, -0.25) is 14.2 Å². The van der Waals surface area contributed by atoms with Crippen molar-refractivity contribution in [3.8, 4) is 5.82 Å². The molecule has 0 saturated heterocycles. The topological polar surface area (TPSA) is 121 Å². The van der Waals surface area contributed by atoms with Crippen LogP contribution >= 0.6 is 0 Å². The smallest absolute Gasteiger partial charge is 0.255 e. The van der Waals surface area contributed by atoms with Crippen LogP contribution in [0.25, 0.3) is 16.9 Å². The average Bonchev–Trinajstić information content (AvgIpc) is 3.54. The molecule has 10 heteroatoms. The number of nitrogens with one attached hydrogen (secondary N) is 3. The Morgan fingerprint density at radius 1 is 1.15 bits per heavy atom. The van der Waals surface area contributed by atoms with E-state index in [1.54, 1.807) is 12.3 Å². The van der Waals surface area contributed by atoms with Crippen molar-refractivity contribution in [1.82, 2.24) is 25.2 Å². The number of amides is 2. The number of hydrogen-bond acceptors (Lipinski definition) is 6. The van der Waals surface area contributed by atoms with Crippen molar-refractivity contribution in [3.05, 3.63) is 47.9 Å². The van der Waals surface area contributed by atoms with E-state index in [0.29, 0.717) is 36.0 Å². The summed E-state index contributed by atoms with van der Waals surface area (Å²) in [7, 11) is 0. The zero-order valence-corrected chi connectivity index (χ0v) is 23.1. The molecular formula is C29H39FN6O3. The highest BCUT2D eigenvalue weighted by molar-refractivity contribution is 5.99. The number of aromatic nitrogens is 3. The molecule has 0 radical (unpaired) electrons. The minimum absolute atomic E-state index is 0.0306. The van der Waals surface area contributed by atoms with Gasteiger partial charge in [-0.1, -0.05) is 12.8 Å². The molecule has 0 spiro atoms. The van der Waals surface area contributed by atoms with Gasteiger partial charge in [-0.05, 0) is 64.2 Å². The van der Waals surface area contributed by atoms with Crippen molar-refractivity contribution in [3.63, 3.8) is 0 Å². The second-order valence-corrected chi connectivity index (χ2v) is 11.3. The molecule has 210 valence electrons. The number of alkyl halides is 1. The first-order valence-corrected chi connectivity index (χ1v) is 13.7. The summed E-state index contributed by atoms with van der Waals surface area (Å²) in [5, 5.41) is 19.5. The standard InChI is InChI=1S/C29H39FN6O3/c1-18(2)35-23-13-25(31-16-22(23)28(38)34-17-24(30)29(3,4)39)36-10-9-21-11-20(15-33-27(21)36)14-32-26(37)12-19-7-5-6-8-19/h9-11,13,15-16,18-19,24,39H,5-8,12,14,17H2,1-4H3,(H,31,35)(H,32,37)(H,34,38). The molecule has 1 aliphatic carbocycles. The quantitative estimate of drug-likeness (QED) is 0.289. The van der Waals surface area contributed by atoms with Crippen LogP contribution in [0.15, 0.2) is 36.8 Å². The lowest BCUT2D eigenvalue weighted by molar-refractivity contribution is -0.122. The molecule has 2 amide bonds. The van der Waals surface area contributed by atoms with E-state index in [-0.39, 0.29) is 24.1 Å². The second kappa shape index (κ2) is 12.1. The van der Waals surface area contributed by atoms with Crippen LogP contribution in [0.3, 0.4) is 0 Å². The molecule has 1 saturated carbocycles. The van der Waals surface area contributed by atoms with Crippen molar-refractivity contribution in [1.29, 1.82) is 0 Å². The van der Waals surface area contributed by atoms with Crippen molar-refractivity contribution in [2.24, 2.45) is 5.92 Å². The number of halogens is 1. The van der Waals surface area contributed by atoms with Crippen LogP contribution in [0.4, 0.5) is 10.1 Å². The first-order chi connectivity index (χ1) is 18.5. The summed E-state index contributed by atoms with van der Waals surface area (Å²) in [6, 6.07) is 5.72. The van der Waals surface area contributed by atoms with Gasteiger partial charge in [0.05, 0.1) is 23.4 Å². The third-order valence-corrected chi connectivity index (χ3v) is 7.06. The van der Waals surface area contributed by atoms with E-state index in [1.165, 1.54) is 32.9 Å². The fraction of sp³-hybridized carbons (Fsp3) is 0.517. The minimum atomic E-state index is -1.61. The minimum Gasteiger partial charge on any atom is -0.387 e. The summed E-state index contributed by atoms with van der Waals surface area (Å²) < 4.78 is 16.0. The van der Waals surface area contributed by atoms with Gasteiger partial charge in [-0.15, -0.1) is 0 Å². The number of nitrogens with zero attached hydrogens (tertiary/aromatic N) is 3. The summed E-state index contributed by atoms with van der Waals surface area (Å²) in [5.41, 5.74) is 0.878. The summed E-state index contributed by atoms with van der Waals surface area (Å²) in [6.45, 7) is 6.73. The molecule has 39 heavy (non-hydrogen) atoms. The van der Waals surface area contributed by atoms with E-state index in [2.05, 4.69) is 25.9 Å². The van der Waals surface area contributed by atoms with Gasteiger partial charge in [0.2, 0.25) is 5.91 Å². The van der Waals surface area contributed by atoms with Gasteiger partial charge in [0.1, 0.15) is 17.6 Å². The van der Waals surface area contributed by atoms with Crippen molar-refractivity contribution in [2.45, 2.75) is 84.2 Å². The third-order valence-electron chi connectivity index (χ3n) is 7.06. The van der Waals surface area contributed by atoms with Gasteiger partial charge in [-0.25, -0.2) is 14.4 Å². The molecule has 0 aliphatic heterocycles. The average molecular weight is 539 g/mol. The van der Waals surface area contributed by atoms with Crippen molar-refractivity contribution < 1.29 is 19.1 Å². The maximum atomic E-state index is 14.2. The molecule has 1 unspecified atom stereocenters. The lowest BCUT2D eigenvalue weighted by atomic mass is 10.0. The molecule has 3 aromatic heterocycles. The Morgan fingerprint density at radius 3 is 2.59 bits per heavy atom. The van der Waals surface area contributed by atoms with E-state index in [9.17, 15) is 19.1 Å². The summed E-state index contributed by atoms with van der Waals surface area (Å²) in [5.74, 6) is 0.669. The maximum absolute atomic E-state index is 14.2. The normalized spacial score (nSPS) is 15.1. The molecule has 4 N–H and O–H groups in total. The van der Waals surface area contributed by atoms with Crippen LogP contribution in [0, 0.1) is 5.92 Å². The van der Waals surface area contributed by atoms with E-state index in [1.807, 2.05) is 36.7 Å². The highest BCUT2D eigenvalue weighted by Crippen LogP contribution is 2.27. The molecule has 1 aliphatic rings. The number of pyridine rings is 2. The van der Waals surface area contributed by atoms with Gasteiger partial charge in [0, 0.05) is 49.1 Å². The van der Waals surface area contributed by atoms with Gasteiger partial charge in [0.15, 0.2) is 0 Å². The lowest BCUT2D eigenvalue weighted by Crippen LogP contribution is -2.42. The van der Waals surface area contributed by atoms with Crippen molar-refractivity contribution >= 4 is 28.5 Å². The fourth-order valence-electron chi connectivity index (χ4n) is 4.82. The predicted molar refractivity (Wildman–Crippen MR) is 150 cm³/mol. The van der Waals surface area contributed by atoms with Gasteiger partial charge >= 0.3 is 0 Å². The molecule has 0 bridgehead atoms. The maximum Gasteiger partial charge on any atom is 0.255 e. The molecule has 1 atom stereocenters. The van der Waals surface area contributed by atoms with E-state index in [0.717, 1.165) is 23.8 Å². The fourth-order valence-corrected chi connectivity index (χ4v) is 4.82. The first-order valence-electron chi connectivity index (χ1n) is 13.7. The van der Waals surface area contributed by atoms with Crippen LogP contribution in [-0.2, 0) is 11.3 Å². The van der Waals surface area contributed by atoms with Crippen LogP contribution in [-0.4, -0.2) is 55.8 Å². The number of rotatable bonds is 11. The Bertz CT molecular complexity index is 1310. The Kier molecular flexibility index (Phi) is 8.84. The summed E-state index contributed by atoms with van der Waals surface area (Å²) in [6.07, 6.45) is 8.76. The summed E-state index contributed by atoms with van der Waals surface area (Å²) in [4.78, 5) is 34.3. The molecule has 4 rings (SSSR count). The highest BCUT2D eigenvalue weighted by Gasteiger charge is 2.27. The largest absolute Gasteiger partial charge is 0.387 e. The number of carbonyl (C=O) groups is 2. The molecular weight excluding hydrogens is 499 g/mol. The second-order valence-electron chi connectivity index (χ2n) is 11.3. The number of anilines is 1. The van der Waals surface area contributed by atoms with Crippen LogP contribution < -0.4 is 16.0 Å². The van der Waals surface area contributed by atoms with Gasteiger partial charge in [-0.2, -0.15) is 0 Å².